The van der Waals surface area contributed by atoms with Crippen molar-refractivity contribution in [3.63, 3.8) is 0 Å². The van der Waals surface area contributed by atoms with Crippen molar-refractivity contribution in [1.82, 2.24) is 0 Å². The van der Waals surface area contributed by atoms with Crippen LogP contribution in [0.2, 0.25) is 0 Å². The molecule has 0 N–H and O–H groups in total. The van der Waals surface area contributed by atoms with Gasteiger partial charge in [-0.3, -0.25) is 9.59 Å². The van der Waals surface area contributed by atoms with Crippen LogP contribution in [0.3, 0.4) is 0 Å². The van der Waals surface area contributed by atoms with Crippen molar-refractivity contribution < 1.29 is 23.8 Å². The first kappa shape index (κ1) is 20.2. The van der Waals surface area contributed by atoms with Crippen molar-refractivity contribution in [2.24, 2.45) is 0 Å². The summed E-state index contributed by atoms with van der Waals surface area (Å²) in [5.41, 5.74) is 0. The maximum atomic E-state index is 11.0. The van der Waals surface area contributed by atoms with E-state index in [0.29, 0.717) is 65.3 Å². The largest absolute Gasteiger partial charge is 0.379 e. The molecule has 0 aliphatic carbocycles. The molecule has 21 heavy (non-hydrogen) atoms. The van der Waals surface area contributed by atoms with Crippen LogP contribution in [0.25, 0.3) is 0 Å². The van der Waals surface area contributed by atoms with Crippen LogP contribution in [0.1, 0.15) is 52.4 Å². The molecule has 0 radical (unpaired) electrons. The van der Waals surface area contributed by atoms with Gasteiger partial charge in [-0.05, 0) is 12.8 Å². The fraction of sp³-hybridized carbons (Fsp3) is 0.875. The fourth-order valence-electron chi connectivity index (χ4n) is 1.64. The minimum atomic E-state index is 0.285. The molecule has 0 heterocycles. The van der Waals surface area contributed by atoms with E-state index in [9.17, 15) is 9.59 Å². The molecule has 124 valence electrons. The minimum absolute atomic E-state index is 0.285. The number of ether oxygens (including phenoxy) is 3. The number of carbonyl (C=O) groups excluding carboxylic acids is 2. The van der Waals surface area contributed by atoms with Crippen LogP contribution in [0.5, 0.6) is 0 Å². The highest BCUT2D eigenvalue weighted by molar-refractivity contribution is 5.78. The standard InChI is InChI=1S/C16H30O5/c1-3-15(17)7-5-9-19-11-13-21-14-12-20-10-6-8-16(18)4-2/h3-14H2,1-2H3. The van der Waals surface area contributed by atoms with E-state index in [0.717, 1.165) is 12.8 Å². The van der Waals surface area contributed by atoms with Crippen molar-refractivity contribution in [2.75, 3.05) is 39.6 Å². The summed E-state index contributed by atoms with van der Waals surface area (Å²) in [5.74, 6) is 0.570. The van der Waals surface area contributed by atoms with Crippen molar-refractivity contribution in [1.29, 1.82) is 0 Å². The average molecular weight is 302 g/mol. The quantitative estimate of drug-likeness (QED) is 0.410. The Bertz CT molecular complexity index is 239. The van der Waals surface area contributed by atoms with Gasteiger partial charge in [0.15, 0.2) is 0 Å². The normalized spacial score (nSPS) is 10.8. The molecule has 0 aromatic rings. The molecule has 0 bridgehead atoms. The molecule has 0 aromatic heterocycles. The summed E-state index contributed by atoms with van der Waals surface area (Å²) in [5, 5.41) is 0. The fourth-order valence-corrected chi connectivity index (χ4v) is 1.64. The van der Waals surface area contributed by atoms with Gasteiger partial charge in [0.2, 0.25) is 0 Å². The average Bonchev–Trinajstić information content (AvgIpc) is 2.51. The molecule has 0 amide bonds. The third kappa shape index (κ3) is 15.4. The van der Waals surface area contributed by atoms with Crippen molar-refractivity contribution >= 4 is 11.6 Å². The lowest BCUT2D eigenvalue weighted by atomic mass is 10.2. The topological polar surface area (TPSA) is 61.8 Å². The maximum Gasteiger partial charge on any atom is 0.132 e. The third-order valence-corrected chi connectivity index (χ3v) is 3.02. The molecular weight excluding hydrogens is 272 g/mol. The summed E-state index contributed by atoms with van der Waals surface area (Å²) in [6.07, 6.45) is 3.99. The predicted octanol–water partition coefficient (Wildman–Crippen LogP) is 2.55. The molecule has 0 aliphatic heterocycles. The highest BCUT2D eigenvalue weighted by atomic mass is 16.5. The van der Waals surface area contributed by atoms with E-state index in [1.165, 1.54) is 0 Å². The lowest BCUT2D eigenvalue weighted by Gasteiger charge is -2.06. The lowest BCUT2D eigenvalue weighted by Crippen LogP contribution is -2.11. The maximum absolute atomic E-state index is 11.0. The zero-order chi connectivity index (χ0) is 15.8. The van der Waals surface area contributed by atoms with Gasteiger partial charge in [-0.25, -0.2) is 0 Å². The van der Waals surface area contributed by atoms with Gasteiger partial charge in [0.25, 0.3) is 0 Å². The van der Waals surface area contributed by atoms with Gasteiger partial charge >= 0.3 is 0 Å². The van der Waals surface area contributed by atoms with Crippen molar-refractivity contribution in [3.05, 3.63) is 0 Å². The molecule has 0 unspecified atom stereocenters. The smallest absolute Gasteiger partial charge is 0.132 e. The Labute approximate surface area is 128 Å². The van der Waals surface area contributed by atoms with Gasteiger partial charge in [0.05, 0.1) is 26.4 Å². The van der Waals surface area contributed by atoms with Gasteiger partial charge in [0, 0.05) is 38.9 Å². The van der Waals surface area contributed by atoms with E-state index >= 15 is 0 Å². The molecule has 0 spiro atoms. The second-order valence-corrected chi connectivity index (χ2v) is 4.83. The number of rotatable bonds is 16. The molecule has 0 atom stereocenters. The Kier molecular flexibility index (Phi) is 15.0. The van der Waals surface area contributed by atoms with Crippen molar-refractivity contribution in [2.45, 2.75) is 52.4 Å². The second-order valence-electron chi connectivity index (χ2n) is 4.83. The lowest BCUT2D eigenvalue weighted by molar-refractivity contribution is -0.119. The molecule has 0 saturated carbocycles. The van der Waals surface area contributed by atoms with E-state index in [4.69, 9.17) is 14.2 Å². The first-order chi connectivity index (χ1) is 10.2. The Balaban J connectivity index is 3.06. The zero-order valence-corrected chi connectivity index (χ0v) is 13.5. The summed E-state index contributed by atoms with van der Waals surface area (Å²) in [4.78, 5) is 22.1. The van der Waals surface area contributed by atoms with Crippen LogP contribution in [-0.4, -0.2) is 51.2 Å². The van der Waals surface area contributed by atoms with Crippen LogP contribution in [0.4, 0.5) is 0 Å². The first-order valence-electron chi connectivity index (χ1n) is 7.97. The van der Waals surface area contributed by atoms with E-state index in [1.54, 1.807) is 0 Å². The first-order valence-corrected chi connectivity index (χ1v) is 7.97. The molecule has 0 aliphatic rings. The van der Waals surface area contributed by atoms with Crippen LogP contribution < -0.4 is 0 Å². The predicted molar refractivity (Wildman–Crippen MR) is 81.5 cm³/mol. The highest BCUT2D eigenvalue weighted by Crippen LogP contribution is 1.96. The second kappa shape index (κ2) is 15.6. The third-order valence-electron chi connectivity index (χ3n) is 3.02. The van der Waals surface area contributed by atoms with E-state index in [1.807, 2.05) is 13.8 Å². The summed E-state index contributed by atoms with van der Waals surface area (Å²) >= 11 is 0. The minimum Gasteiger partial charge on any atom is -0.379 e. The molecule has 0 rings (SSSR count). The van der Waals surface area contributed by atoms with Crippen LogP contribution in [0.15, 0.2) is 0 Å². The Morgan fingerprint density at radius 2 is 0.952 bits per heavy atom. The number of hydrogen-bond acceptors (Lipinski definition) is 5. The van der Waals surface area contributed by atoms with E-state index in [2.05, 4.69) is 0 Å². The Hall–Kier alpha value is -0.780. The number of carbonyl (C=O) groups is 2. The van der Waals surface area contributed by atoms with Gasteiger partial charge in [-0.15, -0.1) is 0 Å². The number of ketones is 2. The van der Waals surface area contributed by atoms with E-state index < -0.39 is 0 Å². The number of Topliss-reactive ketones (excluding diaryl/α,β-unsaturated/α-hetero) is 2. The summed E-state index contributed by atoms with van der Waals surface area (Å²) in [6, 6.07) is 0. The zero-order valence-electron chi connectivity index (χ0n) is 13.5. The summed E-state index contributed by atoms with van der Waals surface area (Å²) < 4.78 is 16.1. The summed E-state index contributed by atoms with van der Waals surface area (Å²) in [6.45, 7) is 7.14. The SMILES string of the molecule is CCC(=O)CCCOCCOCCOCCCC(=O)CC. The van der Waals surface area contributed by atoms with Gasteiger partial charge < -0.3 is 14.2 Å². The monoisotopic (exact) mass is 302 g/mol. The van der Waals surface area contributed by atoms with Crippen molar-refractivity contribution in [3.8, 4) is 0 Å². The summed E-state index contributed by atoms with van der Waals surface area (Å²) in [7, 11) is 0. The number of hydrogen-bond donors (Lipinski definition) is 0. The Morgan fingerprint density at radius 3 is 1.29 bits per heavy atom. The van der Waals surface area contributed by atoms with Gasteiger partial charge in [-0.2, -0.15) is 0 Å². The molecule has 5 nitrogen and oxygen atoms in total. The molecule has 0 aromatic carbocycles. The van der Waals surface area contributed by atoms with Gasteiger partial charge in [-0.1, -0.05) is 13.8 Å². The van der Waals surface area contributed by atoms with E-state index in [-0.39, 0.29) is 11.6 Å². The Morgan fingerprint density at radius 1 is 0.619 bits per heavy atom. The van der Waals surface area contributed by atoms with Crippen LogP contribution in [0, 0.1) is 0 Å². The molecular formula is C16H30O5. The molecule has 0 fully saturated rings. The van der Waals surface area contributed by atoms with Crippen LogP contribution >= 0.6 is 0 Å². The van der Waals surface area contributed by atoms with Gasteiger partial charge in [0.1, 0.15) is 11.6 Å². The molecule has 0 saturated heterocycles. The molecule has 5 heteroatoms. The van der Waals surface area contributed by atoms with Crippen LogP contribution in [-0.2, 0) is 23.8 Å². The highest BCUT2D eigenvalue weighted by Gasteiger charge is 1.98.